The van der Waals surface area contributed by atoms with E-state index in [4.69, 9.17) is 0 Å². The van der Waals surface area contributed by atoms with Gasteiger partial charge in [0.25, 0.3) is 5.69 Å². The summed E-state index contributed by atoms with van der Waals surface area (Å²) in [6.07, 6.45) is 0. The Morgan fingerprint density at radius 2 is 1.53 bits per heavy atom. The Morgan fingerprint density at radius 3 is 2.18 bits per heavy atom. The van der Waals surface area contributed by atoms with Gasteiger partial charge in [0, 0.05) is 11.0 Å². The van der Waals surface area contributed by atoms with E-state index in [1.54, 1.807) is 42.5 Å². The summed E-state index contributed by atoms with van der Waals surface area (Å²) < 4.78 is 12.2. The van der Waals surface area contributed by atoms with E-state index in [2.05, 4.69) is 0 Å². The van der Waals surface area contributed by atoms with Crippen LogP contribution in [0.4, 0.5) is 5.69 Å². The highest BCUT2D eigenvalue weighted by Gasteiger charge is 2.18. The van der Waals surface area contributed by atoms with Crippen LogP contribution in [0.1, 0.15) is 0 Å². The fourth-order valence-electron chi connectivity index (χ4n) is 1.44. The molecule has 5 heteroatoms. The minimum Gasteiger partial charge on any atom is -0.258 e. The van der Waals surface area contributed by atoms with Gasteiger partial charge in [-0.25, -0.2) is 4.21 Å². The van der Waals surface area contributed by atoms with Crippen LogP contribution < -0.4 is 0 Å². The Kier molecular flexibility index (Phi) is 3.30. The fourth-order valence-corrected chi connectivity index (χ4v) is 2.63. The first-order chi connectivity index (χ1) is 8.20. The minimum atomic E-state index is -1.52. The molecule has 0 fully saturated rings. The molecule has 0 unspecified atom stereocenters. The lowest BCUT2D eigenvalue weighted by Gasteiger charge is -2.02. The zero-order valence-corrected chi connectivity index (χ0v) is 9.59. The molecule has 0 bridgehead atoms. The maximum Gasteiger partial charge on any atom is 0.285 e. The maximum atomic E-state index is 12.2. The van der Waals surface area contributed by atoms with E-state index in [9.17, 15) is 14.3 Å². The Labute approximate surface area is 101 Å². The molecule has 0 heterocycles. The predicted octanol–water partition coefficient (Wildman–Crippen LogP) is 2.76. The third-order valence-corrected chi connectivity index (χ3v) is 3.66. The fraction of sp³-hybridized carbons (Fsp3) is 0. The molecule has 2 aromatic rings. The van der Waals surface area contributed by atoms with E-state index in [0.29, 0.717) is 4.90 Å². The van der Waals surface area contributed by atoms with Gasteiger partial charge in [-0.1, -0.05) is 30.3 Å². The lowest BCUT2D eigenvalue weighted by molar-refractivity contribution is -0.387. The number of nitrogens with zero attached hydrogens (tertiary/aromatic N) is 1. The van der Waals surface area contributed by atoms with E-state index in [0.717, 1.165) is 0 Å². The molecule has 2 rings (SSSR count). The zero-order chi connectivity index (χ0) is 12.3. The molecule has 0 aromatic heterocycles. The van der Waals surface area contributed by atoms with Gasteiger partial charge in [0.1, 0.15) is 4.90 Å². The quantitative estimate of drug-likeness (QED) is 0.619. The van der Waals surface area contributed by atoms with Gasteiger partial charge in [0.05, 0.1) is 15.7 Å². The van der Waals surface area contributed by atoms with Crippen LogP contribution in [0.15, 0.2) is 64.4 Å². The van der Waals surface area contributed by atoms with E-state index in [1.807, 2.05) is 0 Å². The van der Waals surface area contributed by atoms with Crippen LogP contribution in [0, 0.1) is 10.1 Å². The van der Waals surface area contributed by atoms with Crippen molar-refractivity contribution in [3.05, 3.63) is 64.7 Å². The molecule has 0 spiro atoms. The van der Waals surface area contributed by atoms with Crippen molar-refractivity contribution in [1.29, 1.82) is 0 Å². The summed E-state index contributed by atoms with van der Waals surface area (Å²) in [6.45, 7) is 0. The maximum absolute atomic E-state index is 12.2. The number of hydrogen-bond acceptors (Lipinski definition) is 3. The third-order valence-electron chi connectivity index (χ3n) is 2.22. The van der Waals surface area contributed by atoms with Gasteiger partial charge in [-0.05, 0) is 18.2 Å². The highest BCUT2D eigenvalue weighted by Crippen LogP contribution is 2.25. The highest BCUT2D eigenvalue weighted by atomic mass is 32.2. The Bertz CT molecular complexity index is 569. The van der Waals surface area contributed by atoms with Crippen LogP contribution in [0.25, 0.3) is 0 Å². The second-order valence-electron chi connectivity index (χ2n) is 3.31. The molecule has 0 aliphatic heterocycles. The van der Waals surface area contributed by atoms with Crippen molar-refractivity contribution in [2.24, 2.45) is 0 Å². The molecule has 86 valence electrons. The lowest BCUT2D eigenvalue weighted by Crippen LogP contribution is -1.98. The average molecular weight is 247 g/mol. The zero-order valence-electron chi connectivity index (χ0n) is 8.78. The molecule has 0 aliphatic carbocycles. The molecule has 0 saturated carbocycles. The smallest absolute Gasteiger partial charge is 0.258 e. The number of nitro groups is 1. The molecule has 17 heavy (non-hydrogen) atoms. The van der Waals surface area contributed by atoms with Crippen molar-refractivity contribution in [2.45, 2.75) is 9.79 Å². The van der Waals surface area contributed by atoms with Crippen LogP contribution in [-0.2, 0) is 10.8 Å². The second kappa shape index (κ2) is 4.88. The van der Waals surface area contributed by atoms with Crippen LogP contribution >= 0.6 is 0 Å². The van der Waals surface area contributed by atoms with Gasteiger partial charge in [-0.15, -0.1) is 0 Å². The molecule has 4 nitrogen and oxygen atoms in total. The summed E-state index contributed by atoms with van der Waals surface area (Å²) in [5.41, 5.74) is -0.116. The lowest BCUT2D eigenvalue weighted by atomic mass is 10.3. The first-order valence-electron chi connectivity index (χ1n) is 4.90. The van der Waals surface area contributed by atoms with E-state index in [-0.39, 0.29) is 10.6 Å². The first-order valence-corrected chi connectivity index (χ1v) is 6.05. The number of para-hydroxylation sites is 1. The van der Waals surface area contributed by atoms with E-state index < -0.39 is 15.7 Å². The number of hydrogen-bond donors (Lipinski definition) is 0. The summed E-state index contributed by atoms with van der Waals surface area (Å²) in [5, 5.41) is 10.8. The molecular weight excluding hydrogens is 238 g/mol. The van der Waals surface area contributed by atoms with Crippen LogP contribution in [0.2, 0.25) is 0 Å². The first kappa shape index (κ1) is 11.5. The van der Waals surface area contributed by atoms with E-state index in [1.165, 1.54) is 12.1 Å². The van der Waals surface area contributed by atoms with Crippen molar-refractivity contribution in [3.63, 3.8) is 0 Å². The van der Waals surface area contributed by atoms with Crippen LogP contribution in [0.3, 0.4) is 0 Å². The largest absolute Gasteiger partial charge is 0.285 e. The number of nitro benzene ring substituents is 1. The monoisotopic (exact) mass is 247 g/mol. The molecule has 0 amide bonds. The average Bonchev–Trinajstić information content (AvgIpc) is 2.39. The summed E-state index contributed by atoms with van der Waals surface area (Å²) in [7, 11) is -1.52. The number of benzene rings is 2. The second-order valence-corrected chi connectivity index (χ2v) is 4.76. The van der Waals surface area contributed by atoms with Crippen LogP contribution in [-0.4, -0.2) is 9.13 Å². The summed E-state index contributed by atoms with van der Waals surface area (Å²) in [4.78, 5) is 11.1. The predicted molar refractivity (Wildman–Crippen MR) is 64.2 cm³/mol. The van der Waals surface area contributed by atoms with Gasteiger partial charge < -0.3 is 0 Å². The van der Waals surface area contributed by atoms with Crippen molar-refractivity contribution >= 4 is 16.5 Å². The normalized spacial score (nSPS) is 12.0. The Hall–Kier alpha value is -2.01. The van der Waals surface area contributed by atoms with Gasteiger partial charge >= 0.3 is 0 Å². The van der Waals surface area contributed by atoms with Gasteiger partial charge in [-0.2, -0.15) is 0 Å². The van der Waals surface area contributed by atoms with Gasteiger partial charge in [0.15, 0.2) is 0 Å². The summed E-state index contributed by atoms with van der Waals surface area (Å²) in [6, 6.07) is 14.8. The third kappa shape index (κ3) is 2.39. The van der Waals surface area contributed by atoms with Gasteiger partial charge in [0.2, 0.25) is 0 Å². The number of rotatable bonds is 3. The Balaban J connectivity index is 2.48. The van der Waals surface area contributed by atoms with Crippen molar-refractivity contribution in [3.8, 4) is 0 Å². The van der Waals surface area contributed by atoms with Crippen LogP contribution in [0.5, 0.6) is 0 Å². The standard InChI is InChI=1S/C12H9NO3S/c14-13(15)11-8-4-5-9-12(11)17(16)10-6-2-1-3-7-10/h1-9H/t17-/m0/s1. The Morgan fingerprint density at radius 1 is 0.941 bits per heavy atom. The molecular formula is C12H9NO3S. The van der Waals surface area contributed by atoms with Crippen molar-refractivity contribution in [2.75, 3.05) is 0 Å². The molecule has 0 N–H and O–H groups in total. The minimum absolute atomic E-state index is 0.116. The molecule has 0 radical (unpaired) electrons. The van der Waals surface area contributed by atoms with Gasteiger partial charge in [-0.3, -0.25) is 10.1 Å². The summed E-state index contributed by atoms with van der Waals surface area (Å²) >= 11 is 0. The molecule has 0 saturated heterocycles. The molecule has 0 aliphatic rings. The van der Waals surface area contributed by atoms with E-state index >= 15 is 0 Å². The molecule has 2 aromatic carbocycles. The SMILES string of the molecule is O=[N+]([O-])c1ccccc1[S@@](=O)c1ccccc1. The van der Waals surface area contributed by atoms with Crippen molar-refractivity contribution < 1.29 is 9.13 Å². The topological polar surface area (TPSA) is 60.2 Å². The molecule has 1 atom stereocenters. The highest BCUT2D eigenvalue weighted by molar-refractivity contribution is 7.85. The van der Waals surface area contributed by atoms with Crippen molar-refractivity contribution in [1.82, 2.24) is 0 Å². The summed E-state index contributed by atoms with van der Waals surface area (Å²) in [5.74, 6) is 0.